The fraction of sp³-hybridized carbons (Fsp3) is 0.562. The van der Waals surface area contributed by atoms with E-state index in [0.717, 1.165) is 32.6 Å². The van der Waals surface area contributed by atoms with Crippen LogP contribution in [0.5, 0.6) is 0 Å². The molecule has 4 nitrogen and oxygen atoms in total. The first kappa shape index (κ1) is 17.6. The third-order valence-electron chi connectivity index (χ3n) is 3.48. The van der Waals surface area contributed by atoms with Gasteiger partial charge in [0.25, 0.3) is 5.97 Å². The van der Waals surface area contributed by atoms with Crippen LogP contribution in [-0.2, 0) is 4.79 Å². The Balaban J connectivity index is 0.000000491. The maximum absolute atomic E-state index is 13.1. The van der Waals surface area contributed by atoms with Gasteiger partial charge in [-0.1, -0.05) is 25.5 Å². The van der Waals surface area contributed by atoms with Crippen LogP contribution in [0.2, 0.25) is 0 Å². The zero-order chi connectivity index (χ0) is 15.8. The Morgan fingerprint density at radius 2 is 2.14 bits per heavy atom. The molecule has 1 saturated heterocycles. The number of hydrogen-bond acceptors (Lipinski definition) is 3. The third kappa shape index (κ3) is 6.23. The van der Waals surface area contributed by atoms with Crippen molar-refractivity contribution in [2.45, 2.75) is 57.7 Å². The zero-order valence-corrected chi connectivity index (χ0v) is 12.6. The van der Waals surface area contributed by atoms with Crippen LogP contribution >= 0.6 is 0 Å². The van der Waals surface area contributed by atoms with Crippen molar-refractivity contribution in [1.82, 2.24) is 5.32 Å². The minimum Gasteiger partial charge on any atom is -0.481 e. The summed E-state index contributed by atoms with van der Waals surface area (Å²) in [7, 11) is 0. The first-order chi connectivity index (χ1) is 9.93. The van der Waals surface area contributed by atoms with E-state index >= 15 is 0 Å². The van der Waals surface area contributed by atoms with E-state index in [0.29, 0.717) is 11.6 Å². The van der Waals surface area contributed by atoms with Crippen molar-refractivity contribution >= 4 is 5.97 Å². The predicted molar refractivity (Wildman–Crippen MR) is 79.5 cm³/mol. The number of nitrogens with one attached hydrogen (secondary N) is 1. The molecule has 1 heterocycles. The minimum absolute atomic E-state index is 0.0633. The molecule has 1 fully saturated rings. The lowest BCUT2D eigenvalue weighted by molar-refractivity contribution is -0.134. The van der Waals surface area contributed by atoms with Crippen LogP contribution in [0.25, 0.3) is 0 Å². The first-order valence-corrected chi connectivity index (χ1v) is 7.33. The van der Waals surface area contributed by atoms with Crippen molar-refractivity contribution in [3.05, 3.63) is 35.6 Å². The number of rotatable bonds is 4. The molecule has 21 heavy (non-hydrogen) atoms. The molecule has 1 aliphatic rings. The van der Waals surface area contributed by atoms with Gasteiger partial charge in [0.15, 0.2) is 0 Å². The van der Waals surface area contributed by atoms with Gasteiger partial charge in [0.05, 0.1) is 6.10 Å². The number of carboxylic acid groups (broad SMARTS) is 1. The molecule has 0 aliphatic carbocycles. The minimum atomic E-state index is -0.833. The summed E-state index contributed by atoms with van der Waals surface area (Å²) in [5.74, 6) is -1.12. The van der Waals surface area contributed by atoms with E-state index in [9.17, 15) is 9.50 Å². The number of aliphatic hydroxyl groups is 1. The molecule has 0 aromatic heterocycles. The Hall–Kier alpha value is -1.46. The standard InChI is InChI=1S/C14H20FNO.C2H4O2/c1-2-4-12-7-8-13(16-12)14(17)10-5-3-6-11(15)9-10;1-2(3)4/h3,5-6,9,12-14,16-17H,2,4,7-8H2,1H3;1H3,(H,3,4)/t12-,13-,14-;/m1./s1. The first-order valence-electron chi connectivity index (χ1n) is 7.33. The summed E-state index contributed by atoms with van der Waals surface area (Å²) >= 11 is 0. The van der Waals surface area contributed by atoms with Crippen LogP contribution in [0.4, 0.5) is 4.39 Å². The zero-order valence-electron chi connectivity index (χ0n) is 12.6. The summed E-state index contributed by atoms with van der Waals surface area (Å²) in [6, 6.07) is 6.81. The highest BCUT2D eigenvalue weighted by Gasteiger charge is 2.29. The molecule has 0 unspecified atom stereocenters. The number of benzene rings is 1. The topological polar surface area (TPSA) is 69.6 Å². The van der Waals surface area contributed by atoms with Gasteiger partial charge in [0, 0.05) is 19.0 Å². The molecular formula is C16H24FNO3. The second kappa shape index (κ2) is 8.74. The van der Waals surface area contributed by atoms with Gasteiger partial charge in [-0.05, 0) is 37.0 Å². The fourth-order valence-electron chi connectivity index (χ4n) is 2.60. The van der Waals surface area contributed by atoms with Crippen molar-refractivity contribution in [2.24, 2.45) is 0 Å². The van der Waals surface area contributed by atoms with Gasteiger partial charge >= 0.3 is 0 Å². The third-order valence-corrected chi connectivity index (χ3v) is 3.48. The normalized spacial score (nSPS) is 22.3. The van der Waals surface area contributed by atoms with E-state index in [-0.39, 0.29) is 11.9 Å². The van der Waals surface area contributed by atoms with E-state index in [1.165, 1.54) is 12.1 Å². The molecule has 1 aliphatic heterocycles. The molecule has 0 saturated carbocycles. The van der Waals surface area contributed by atoms with Crippen molar-refractivity contribution < 1.29 is 19.4 Å². The van der Waals surface area contributed by atoms with Gasteiger partial charge in [-0.2, -0.15) is 0 Å². The highest BCUT2D eigenvalue weighted by atomic mass is 19.1. The van der Waals surface area contributed by atoms with Crippen LogP contribution in [0.3, 0.4) is 0 Å². The molecule has 5 heteroatoms. The molecular weight excluding hydrogens is 273 g/mol. The lowest BCUT2D eigenvalue weighted by atomic mass is 10.0. The smallest absolute Gasteiger partial charge is 0.300 e. The number of carbonyl (C=O) groups is 1. The predicted octanol–water partition coefficient (Wildman–Crippen LogP) is 2.87. The van der Waals surface area contributed by atoms with Gasteiger partial charge < -0.3 is 15.5 Å². The number of hydrogen-bond donors (Lipinski definition) is 3. The Morgan fingerprint density at radius 3 is 2.71 bits per heavy atom. The molecule has 3 atom stereocenters. The van der Waals surface area contributed by atoms with E-state index in [2.05, 4.69) is 12.2 Å². The van der Waals surface area contributed by atoms with Crippen LogP contribution in [0.15, 0.2) is 24.3 Å². The highest BCUT2D eigenvalue weighted by Crippen LogP contribution is 2.27. The molecule has 0 amide bonds. The lowest BCUT2D eigenvalue weighted by Gasteiger charge is -2.20. The largest absolute Gasteiger partial charge is 0.481 e. The second-order valence-electron chi connectivity index (χ2n) is 5.35. The summed E-state index contributed by atoms with van der Waals surface area (Å²) in [6.07, 6.45) is 3.76. The number of halogens is 1. The summed E-state index contributed by atoms with van der Waals surface area (Å²) in [5.41, 5.74) is 0.666. The Morgan fingerprint density at radius 1 is 1.48 bits per heavy atom. The summed E-state index contributed by atoms with van der Waals surface area (Å²) in [4.78, 5) is 9.00. The molecule has 3 N–H and O–H groups in total. The van der Waals surface area contributed by atoms with Crippen molar-refractivity contribution in [2.75, 3.05) is 0 Å². The van der Waals surface area contributed by atoms with E-state index in [1.807, 2.05) is 0 Å². The number of aliphatic hydroxyl groups excluding tert-OH is 1. The van der Waals surface area contributed by atoms with E-state index in [1.54, 1.807) is 12.1 Å². The molecule has 0 bridgehead atoms. The van der Waals surface area contributed by atoms with Gasteiger partial charge in [-0.15, -0.1) is 0 Å². The highest BCUT2D eigenvalue weighted by molar-refractivity contribution is 5.62. The van der Waals surface area contributed by atoms with Gasteiger partial charge in [-0.3, -0.25) is 4.79 Å². The summed E-state index contributed by atoms with van der Waals surface area (Å²) in [6.45, 7) is 3.25. The molecule has 2 rings (SSSR count). The average molecular weight is 297 g/mol. The van der Waals surface area contributed by atoms with Crippen LogP contribution in [0.1, 0.15) is 51.2 Å². The maximum atomic E-state index is 13.1. The van der Waals surface area contributed by atoms with Gasteiger partial charge in [-0.25, -0.2) is 4.39 Å². The van der Waals surface area contributed by atoms with Crippen LogP contribution < -0.4 is 5.32 Å². The Bertz CT molecular complexity index is 449. The van der Waals surface area contributed by atoms with Gasteiger partial charge in [0.1, 0.15) is 5.82 Å². The summed E-state index contributed by atoms with van der Waals surface area (Å²) < 4.78 is 13.1. The van der Waals surface area contributed by atoms with Crippen LogP contribution in [-0.4, -0.2) is 28.3 Å². The number of carboxylic acids is 1. The van der Waals surface area contributed by atoms with Crippen molar-refractivity contribution in [3.63, 3.8) is 0 Å². The molecule has 118 valence electrons. The quantitative estimate of drug-likeness (QED) is 0.799. The van der Waals surface area contributed by atoms with Crippen LogP contribution in [0, 0.1) is 5.82 Å². The molecule has 0 radical (unpaired) electrons. The van der Waals surface area contributed by atoms with Gasteiger partial charge in [0.2, 0.25) is 0 Å². The Kier molecular flexibility index (Phi) is 7.32. The number of aliphatic carboxylic acids is 1. The summed E-state index contributed by atoms with van der Waals surface area (Å²) in [5, 5.41) is 21.1. The average Bonchev–Trinajstić information content (AvgIpc) is 2.86. The monoisotopic (exact) mass is 297 g/mol. The van der Waals surface area contributed by atoms with E-state index < -0.39 is 12.1 Å². The van der Waals surface area contributed by atoms with Crippen molar-refractivity contribution in [1.29, 1.82) is 0 Å². The Labute approximate surface area is 125 Å². The SMILES string of the molecule is CC(=O)O.CCC[C@@H]1CC[C@H]([C@H](O)c2cccc(F)c2)N1. The second-order valence-corrected chi connectivity index (χ2v) is 5.35. The molecule has 0 spiro atoms. The maximum Gasteiger partial charge on any atom is 0.300 e. The molecule has 1 aromatic rings. The molecule has 1 aromatic carbocycles. The lowest BCUT2D eigenvalue weighted by Crippen LogP contribution is -2.33. The fourth-order valence-corrected chi connectivity index (χ4v) is 2.60. The van der Waals surface area contributed by atoms with Crippen molar-refractivity contribution in [3.8, 4) is 0 Å². The van der Waals surface area contributed by atoms with E-state index in [4.69, 9.17) is 9.90 Å².